The molecule has 0 spiro atoms. The van der Waals surface area contributed by atoms with Crippen molar-refractivity contribution in [2.75, 3.05) is 66.0 Å². The predicted molar refractivity (Wildman–Crippen MR) is 118 cm³/mol. The molecular formula is C18H37IN6O. The lowest BCUT2D eigenvalue weighted by molar-refractivity contribution is -0.129. The van der Waals surface area contributed by atoms with E-state index in [4.69, 9.17) is 4.99 Å². The molecule has 0 aromatic carbocycles. The van der Waals surface area contributed by atoms with Crippen molar-refractivity contribution in [2.24, 2.45) is 4.99 Å². The second-order valence-corrected chi connectivity index (χ2v) is 7.08. The second kappa shape index (κ2) is 12.7. The standard InChI is InChI=1S/C18H36N6O.HI/c1-4-17(25)24-11-7-16(15-24)21-18(19-5-2)20-8-12-23-10-6-9-22(3)13-14-23;/h16H,4-15H2,1-3H3,(H2,19,20,21);1H. The van der Waals surface area contributed by atoms with E-state index in [-0.39, 0.29) is 29.9 Å². The minimum absolute atomic E-state index is 0. The molecule has 0 radical (unpaired) electrons. The van der Waals surface area contributed by atoms with E-state index in [9.17, 15) is 4.79 Å². The van der Waals surface area contributed by atoms with Crippen molar-refractivity contribution in [3.8, 4) is 0 Å². The summed E-state index contributed by atoms with van der Waals surface area (Å²) in [6, 6.07) is 0.306. The number of nitrogens with one attached hydrogen (secondary N) is 2. The van der Waals surface area contributed by atoms with Crippen molar-refractivity contribution in [1.82, 2.24) is 25.3 Å². The third kappa shape index (κ3) is 7.96. The van der Waals surface area contributed by atoms with E-state index >= 15 is 0 Å². The summed E-state index contributed by atoms with van der Waals surface area (Å²) in [5.74, 6) is 1.13. The van der Waals surface area contributed by atoms with Gasteiger partial charge in [-0.15, -0.1) is 24.0 Å². The SMILES string of the molecule is CCNC(=NCCN1CCCN(C)CC1)NC1CCN(C(=O)CC)C1.I. The van der Waals surface area contributed by atoms with Crippen LogP contribution in [0.15, 0.2) is 4.99 Å². The Morgan fingerprint density at radius 2 is 1.96 bits per heavy atom. The smallest absolute Gasteiger partial charge is 0.222 e. The number of guanidine groups is 1. The van der Waals surface area contributed by atoms with Gasteiger partial charge >= 0.3 is 0 Å². The molecule has 8 heteroatoms. The summed E-state index contributed by atoms with van der Waals surface area (Å²) in [6.07, 6.45) is 2.82. The molecular weight excluding hydrogens is 443 g/mol. The van der Waals surface area contributed by atoms with Gasteiger partial charge in [0.15, 0.2) is 5.96 Å². The number of hydrogen-bond acceptors (Lipinski definition) is 4. The molecule has 2 heterocycles. The quantitative estimate of drug-likeness (QED) is 0.335. The monoisotopic (exact) mass is 480 g/mol. The highest BCUT2D eigenvalue weighted by Crippen LogP contribution is 2.10. The lowest BCUT2D eigenvalue weighted by Gasteiger charge is -2.20. The molecule has 2 aliphatic rings. The van der Waals surface area contributed by atoms with Crippen molar-refractivity contribution in [2.45, 2.75) is 39.2 Å². The summed E-state index contributed by atoms with van der Waals surface area (Å²) in [6.45, 7) is 13.0. The highest BCUT2D eigenvalue weighted by atomic mass is 127. The maximum atomic E-state index is 11.8. The number of carbonyl (C=O) groups is 1. The molecule has 7 nitrogen and oxygen atoms in total. The molecule has 2 rings (SSSR count). The molecule has 26 heavy (non-hydrogen) atoms. The van der Waals surface area contributed by atoms with Crippen LogP contribution >= 0.6 is 24.0 Å². The molecule has 1 amide bonds. The number of likely N-dealkylation sites (tertiary alicyclic amines) is 1. The van der Waals surface area contributed by atoms with E-state index in [1.807, 2.05) is 11.8 Å². The molecule has 1 unspecified atom stereocenters. The number of nitrogens with zero attached hydrogens (tertiary/aromatic N) is 4. The molecule has 0 saturated carbocycles. The van der Waals surface area contributed by atoms with Crippen molar-refractivity contribution >= 4 is 35.8 Å². The molecule has 0 bridgehead atoms. The Labute approximate surface area is 176 Å². The van der Waals surface area contributed by atoms with Gasteiger partial charge in [0.1, 0.15) is 0 Å². The largest absolute Gasteiger partial charge is 0.357 e. The highest BCUT2D eigenvalue weighted by molar-refractivity contribution is 14.0. The van der Waals surface area contributed by atoms with Crippen molar-refractivity contribution < 1.29 is 4.79 Å². The van der Waals surface area contributed by atoms with Crippen LogP contribution in [0.3, 0.4) is 0 Å². The zero-order chi connectivity index (χ0) is 18.1. The van der Waals surface area contributed by atoms with Gasteiger partial charge in [-0.2, -0.15) is 0 Å². The van der Waals surface area contributed by atoms with Crippen LogP contribution in [0.2, 0.25) is 0 Å². The Kier molecular flexibility index (Phi) is 11.5. The maximum absolute atomic E-state index is 11.8. The van der Waals surface area contributed by atoms with Crippen LogP contribution < -0.4 is 10.6 Å². The van der Waals surface area contributed by atoms with Crippen molar-refractivity contribution in [3.63, 3.8) is 0 Å². The summed E-state index contributed by atoms with van der Waals surface area (Å²) in [4.78, 5) is 23.4. The van der Waals surface area contributed by atoms with Crippen LogP contribution in [-0.2, 0) is 4.79 Å². The van der Waals surface area contributed by atoms with Gasteiger partial charge in [0.05, 0.1) is 6.54 Å². The average Bonchev–Trinajstić information content (AvgIpc) is 2.97. The summed E-state index contributed by atoms with van der Waals surface area (Å²) in [5.41, 5.74) is 0. The lowest BCUT2D eigenvalue weighted by atomic mass is 10.3. The Bertz CT molecular complexity index is 447. The van der Waals surface area contributed by atoms with E-state index in [1.165, 1.54) is 19.5 Å². The average molecular weight is 480 g/mol. The molecule has 0 aromatic rings. The zero-order valence-electron chi connectivity index (χ0n) is 16.7. The van der Waals surface area contributed by atoms with Crippen LogP contribution in [0.4, 0.5) is 0 Å². The van der Waals surface area contributed by atoms with Crippen molar-refractivity contribution in [1.29, 1.82) is 0 Å². The number of amides is 1. The van der Waals surface area contributed by atoms with Crippen LogP contribution in [-0.4, -0.2) is 98.6 Å². The first kappa shape index (κ1) is 23.4. The van der Waals surface area contributed by atoms with E-state index in [0.29, 0.717) is 12.5 Å². The molecule has 0 aliphatic carbocycles. The van der Waals surface area contributed by atoms with Gasteiger partial charge in [0, 0.05) is 51.7 Å². The third-order valence-corrected chi connectivity index (χ3v) is 5.03. The Balaban J connectivity index is 0.00000338. The fourth-order valence-corrected chi connectivity index (χ4v) is 3.47. The van der Waals surface area contributed by atoms with E-state index in [2.05, 4.69) is 34.4 Å². The molecule has 2 fully saturated rings. The molecule has 152 valence electrons. The van der Waals surface area contributed by atoms with E-state index in [1.54, 1.807) is 0 Å². The van der Waals surface area contributed by atoms with Crippen LogP contribution in [0.1, 0.15) is 33.1 Å². The van der Waals surface area contributed by atoms with Gasteiger partial charge in [-0.1, -0.05) is 6.92 Å². The molecule has 2 N–H and O–H groups in total. The van der Waals surface area contributed by atoms with E-state index in [0.717, 1.165) is 58.2 Å². The number of carbonyl (C=O) groups excluding carboxylic acids is 1. The number of likely N-dealkylation sites (N-methyl/N-ethyl adjacent to an activating group) is 1. The summed E-state index contributed by atoms with van der Waals surface area (Å²) >= 11 is 0. The van der Waals surface area contributed by atoms with Gasteiger partial charge in [0.25, 0.3) is 0 Å². The number of hydrogen-bond donors (Lipinski definition) is 2. The Morgan fingerprint density at radius 3 is 2.69 bits per heavy atom. The lowest BCUT2D eigenvalue weighted by Crippen LogP contribution is -2.45. The van der Waals surface area contributed by atoms with E-state index < -0.39 is 0 Å². The fourth-order valence-electron chi connectivity index (χ4n) is 3.47. The van der Waals surface area contributed by atoms with Gasteiger partial charge in [-0.3, -0.25) is 9.79 Å². The van der Waals surface area contributed by atoms with Crippen LogP contribution in [0.5, 0.6) is 0 Å². The number of aliphatic imine (C=N–C) groups is 1. The van der Waals surface area contributed by atoms with Gasteiger partial charge in [0.2, 0.25) is 5.91 Å². The first-order valence-electron chi connectivity index (χ1n) is 9.85. The zero-order valence-corrected chi connectivity index (χ0v) is 19.0. The molecule has 1 atom stereocenters. The molecule has 0 aromatic heterocycles. The van der Waals surface area contributed by atoms with Gasteiger partial charge in [-0.25, -0.2) is 0 Å². The summed E-state index contributed by atoms with van der Waals surface area (Å²) < 4.78 is 0. The fraction of sp³-hybridized carbons (Fsp3) is 0.889. The Hall–Kier alpha value is -0.610. The summed E-state index contributed by atoms with van der Waals surface area (Å²) in [5, 5.41) is 6.83. The number of rotatable bonds is 6. The predicted octanol–water partition coefficient (Wildman–Crippen LogP) is 0.808. The van der Waals surface area contributed by atoms with Crippen LogP contribution in [0.25, 0.3) is 0 Å². The third-order valence-electron chi connectivity index (χ3n) is 5.03. The molecule has 2 aliphatic heterocycles. The van der Waals surface area contributed by atoms with Gasteiger partial charge < -0.3 is 25.3 Å². The minimum Gasteiger partial charge on any atom is -0.357 e. The van der Waals surface area contributed by atoms with Crippen molar-refractivity contribution in [3.05, 3.63) is 0 Å². The number of halogens is 1. The maximum Gasteiger partial charge on any atom is 0.222 e. The Morgan fingerprint density at radius 1 is 1.15 bits per heavy atom. The van der Waals surface area contributed by atoms with Gasteiger partial charge in [-0.05, 0) is 39.9 Å². The minimum atomic E-state index is 0. The second-order valence-electron chi connectivity index (χ2n) is 7.08. The first-order chi connectivity index (χ1) is 12.1. The topological polar surface area (TPSA) is 63.2 Å². The summed E-state index contributed by atoms with van der Waals surface area (Å²) in [7, 11) is 2.20. The normalized spacial score (nSPS) is 22.7. The van der Waals surface area contributed by atoms with Crippen LogP contribution in [0, 0.1) is 0 Å². The highest BCUT2D eigenvalue weighted by Gasteiger charge is 2.25. The molecule has 2 saturated heterocycles. The first-order valence-corrected chi connectivity index (χ1v) is 9.85.